The fourth-order valence-electron chi connectivity index (χ4n) is 1.48. The Morgan fingerprint density at radius 3 is 2.74 bits per heavy atom. The molecule has 2 aromatic rings. The van der Waals surface area contributed by atoms with E-state index in [0.29, 0.717) is 17.1 Å². The smallest absolute Gasteiger partial charge is 0.276 e. The van der Waals surface area contributed by atoms with Crippen molar-refractivity contribution in [3.63, 3.8) is 0 Å². The zero-order valence-corrected chi connectivity index (χ0v) is 10.1. The number of methoxy groups -OCH3 is 1. The van der Waals surface area contributed by atoms with Crippen molar-refractivity contribution in [1.29, 1.82) is 0 Å². The highest BCUT2D eigenvalue weighted by Gasteiger charge is 2.09. The summed E-state index contributed by atoms with van der Waals surface area (Å²) in [7, 11) is 1.51. The molecule has 1 heterocycles. The summed E-state index contributed by atoms with van der Waals surface area (Å²) in [6.45, 7) is 0. The molecule has 98 valence electrons. The molecule has 0 spiro atoms. The van der Waals surface area contributed by atoms with Crippen molar-refractivity contribution < 1.29 is 9.53 Å². The summed E-state index contributed by atoms with van der Waals surface area (Å²) in [5.41, 5.74) is 6.38. The maximum Gasteiger partial charge on any atom is 0.276 e. The Balaban J connectivity index is 2.17. The van der Waals surface area contributed by atoms with Crippen LogP contribution in [-0.2, 0) is 0 Å². The van der Waals surface area contributed by atoms with E-state index in [4.69, 9.17) is 10.5 Å². The van der Waals surface area contributed by atoms with E-state index in [1.807, 2.05) is 0 Å². The number of carbonyl (C=O) groups excluding carboxylic acids is 1. The first-order valence-electron chi connectivity index (χ1n) is 5.41. The van der Waals surface area contributed by atoms with E-state index < -0.39 is 5.91 Å². The van der Waals surface area contributed by atoms with Crippen molar-refractivity contribution in [2.75, 3.05) is 18.2 Å². The highest BCUT2D eigenvalue weighted by Crippen LogP contribution is 2.24. The molecule has 1 aromatic heterocycles. The summed E-state index contributed by atoms with van der Waals surface area (Å²) < 4.78 is 5.01. The normalized spacial score (nSPS) is 9.95. The third-order valence-electron chi connectivity index (χ3n) is 2.40. The number of benzene rings is 1. The van der Waals surface area contributed by atoms with Gasteiger partial charge in [0.1, 0.15) is 11.4 Å². The number of carbonyl (C=O) groups is 1. The van der Waals surface area contributed by atoms with Crippen molar-refractivity contribution in [2.45, 2.75) is 0 Å². The number of hydrogen-bond acceptors (Lipinski definition) is 5. The number of aromatic amines is 1. The zero-order chi connectivity index (χ0) is 13.8. The van der Waals surface area contributed by atoms with Gasteiger partial charge in [0.25, 0.3) is 11.5 Å². The van der Waals surface area contributed by atoms with Crippen molar-refractivity contribution in [3.8, 4) is 5.75 Å². The molecule has 0 aliphatic carbocycles. The SMILES string of the molecule is COc1ccc(NC(=O)c2ccc(=O)[nH]n2)cc1N. The molecular weight excluding hydrogens is 248 g/mol. The Kier molecular flexibility index (Phi) is 3.46. The van der Waals surface area contributed by atoms with E-state index in [1.165, 1.54) is 19.2 Å². The number of amides is 1. The fraction of sp³-hybridized carbons (Fsp3) is 0.0833. The summed E-state index contributed by atoms with van der Waals surface area (Å²) in [5, 5.41) is 8.42. The van der Waals surface area contributed by atoms with Crippen LogP contribution in [0, 0.1) is 0 Å². The first kappa shape index (κ1) is 12.6. The number of nitrogens with two attached hydrogens (primary N) is 1. The van der Waals surface area contributed by atoms with Gasteiger partial charge in [0.05, 0.1) is 12.8 Å². The van der Waals surface area contributed by atoms with Crippen LogP contribution >= 0.6 is 0 Å². The third-order valence-corrected chi connectivity index (χ3v) is 2.40. The van der Waals surface area contributed by atoms with Crippen LogP contribution in [0.3, 0.4) is 0 Å². The molecule has 2 rings (SSSR count). The second kappa shape index (κ2) is 5.21. The lowest BCUT2D eigenvalue weighted by molar-refractivity contribution is 0.102. The maximum atomic E-state index is 11.8. The van der Waals surface area contributed by atoms with Gasteiger partial charge in [-0.3, -0.25) is 9.59 Å². The van der Waals surface area contributed by atoms with Crippen LogP contribution in [0.25, 0.3) is 0 Å². The molecule has 1 amide bonds. The molecule has 0 saturated heterocycles. The third kappa shape index (κ3) is 2.89. The van der Waals surface area contributed by atoms with E-state index in [-0.39, 0.29) is 11.3 Å². The Hall–Kier alpha value is -2.83. The van der Waals surface area contributed by atoms with Crippen molar-refractivity contribution in [1.82, 2.24) is 10.2 Å². The Morgan fingerprint density at radius 2 is 2.16 bits per heavy atom. The molecule has 0 saturated carbocycles. The monoisotopic (exact) mass is 260 g/mol. The summed E-state index contributed by atoms with van der Waals surface area (Å²) in [6.07, 6.45) is 0. The first-order valence-corrected chi connectivity index (χ1v) is 5.41. The molecular formula is C12H12N4O3. The average Bonchev–Trinajstić information content (AvgIpc) is 2.39. The van der Waals surface area contributed by atoms with Gasteiger partial charge in [-0.05, 0) is 24.3 Å². The lowest BCUT2D eigenvalue weighted by Crippen LogP contribution is -2.17. The minimum absolute atomic E-state index is 0.106. The molecule has 0 aliphatic heterocycles. The lowest BCUT2D eigenvalue weighted by Gasteiger charge is -2.08. The van der Waals surface area contributed by atoms with Crippen LogP contribution in [0.5, 0.6) is 5.75 Å². The molecule has 0 atom stereocenters. The molecule has 0 unspecified atom stereocenters. The lowest BCUT2D eigenvalue weighted by atomic mass is 10.2. The van der Waals surface area contributed by atoms with Crippen LogP contribution in [0.2, 0.25) is 0 Å². The molecule has 0 fully saturated rings. The van der Waals surface area contributed by atoms with Crippen LogP contribution in [0.1, 0.15) is 10.5 Å². The van der Waals surface area contributed by atoms with Crippen LogP contribution in [0.4, 0.5) is 11.4 Å². The Bertz CT molecular complexity index is 646. The quantitative estimate of drug-likeness (QED) is 0.700. The zero-order valence-electron chi connectivity index (χ0n) is 10.1. The van der Waals surface area contributed by atoms with Crippen LogP contribution in [-0.4, -0.2) is 23.2 Å². The molecule has 1 aromatic carbocycles. The van der Waals surface area contributed by atoms with Gasteiger partial charge < -0.3 is 15.8 Å². The fourth-order valence-corrected chi connectivity index (χ4v) is 1.48. The van der Waals surface area contributed by atoms with E-state index in [0.717, 1.165) is 0 Å². The minimum atomic E-state index is -0.444. The highest BCUT2D eigenvalue weighted by atomic mass is 16.5. The number of anilines is 2. The molecule has 4 N–H and O–H groups in total. The number of H-pyrrole nitrogens is 1. The number of aromatic nitrogens is 2. The number of rotatable bonds is 3. The summed E-state index contributed by atoms with van der Waals surface area (Å²) in [5.74, 6) is 0.0842. The van der Waals surface area contributed by atoms with Gasteiger partial charge >= 0.3 is 0 Å². The van der Waals surface area contributed by atoms with Crippen molar-refractivity contribution in [2.24, 2.45) is 0 Å². The number of nitrogen functional groups attached to an aromatic ring is 1. The van der Waals surface area contributed by atoms with E-state index in [1.54, 1.807) is 18.2 Å². The average molecular weight is 260 g/mol. The molecule has 0 aliphatic rings. The molecule has 0 radical (unpaired) electrons. The van der Waals surface area contributed by atoms with Gasteiger partial charge in [0, 0.05) is 11.8 Å². The molecule has 0 bridgehead atoms. The maximum absolute atomic E-state index is 11.8. The van der Waals surface area contributed by atoms with E-state index >= 15 is 0 Å². The number of hydrogen-bond donors (Lipinski definition) is 3. The van der Waals surface area contributed by atoms with Crippen LogP contribution < -0.4 is 21.3 Å². The van der Waals surface area contributed by atoms with Crippen molar-refractivity contribution >= 4 is 17.3 Å². The van der Waals surface area contributed by atoms with Gasteiger partial charge in [-0.25, -0.2) is 5.10 Å². The Labute approximate surface area is 108 Å². The molecule has 19 heavy (non-hydrogen) atoms. The number of nitrogens with zero attached hydrogens (tertiary/aromatic N) is 1. The summed E-state index contributed by atoms with van der Waals surface area (Å²) in [6, 6.07) is 7.43. The van der Waals surface area contributed by atoms with E-state index in [2.05, 4.69) is 15.5 Å². The molecule has 7 heteroatoms. The summed E-state index contributed by atoms with van der Waals surface area (Å²) in [4.78, 5) is 22.7. The largest absolute Gasteiger partial charge is 0.495 e. The highest BCUT2D eigenvalue weighted by molar-refractivity contribution is 6.03. The van der Waals surface area contributed by atoms with Crippen LogP contribution in [0.15, 0.2) is 35.1 Å². The predicted octanol–water partition coefficient (Wildman–Crippen LogP) is 0.613. The predicted molar refractivity (Wildman–Crippen MR) is 70.2 cm³/mol. The number of ether oxygens (including phenoxy) is 1. The summed E-state index contributed by atoms with van der Waals surface area (Å²) >= 11 is 0. The standard InChI is InChI=1S/C12H12N4O3/c1-19-10-4-2-7(6-8(10)13)14-12(18)9-3-5-11(17)16-15-9/h2-6H,13H2,1H3,(H,14,18)(H,16,17). The second-order valence-electron chi connectivity index (χ2n) is 3.72. The van der Waals surface area contributed by atoms with Crippen molar-refractivity contribution in [3.05, 3.63) is 46.4 Å². The van der Waals surface area contributed by atoms with Gasteiger partial charge in [-0.2, -0.15) is 5.10 Å². The number of nitrogens with one attached hydrogen (secondary N) is 2. The molecule has 7 nitrogen and oxygen atoms in total. The van der Waals surface area contributed by atoms with E-state index in [9.17, 15) is 9.59 Å². The second-order valence-corrected chi connectivity index (χ2v) is 3.72. The minimum Gasteiger partial charge on any atom is -0.495 e. The topological polar surface area (TPSA) is 110 Å². The van der Waals surface area contributed by atoms with Gasteiger partial charge in [0.15, 0.2) is 0 Å². The Morgan fingerprint density at radius 1 is 1.37 bits per heavy atom. The van der Waals surface area contributed by atoms with Gasteiger partial charge in [0.2, 0.25) is 0 Å². The van der Waals surface area contributed by atoms with Gasteiger partial charge in [-0.1, -0.05) is 0 Å². The van der Waals surface area contributed by atoms with Gasteiger partial charge in [-0.15, -0.1) is 0 Å². The first-order chi connectivity index (χ1) is 9.10.